The molecule has 0 aromatic heterocycles. The summed E-state index contributed by atoms with van der Waals surface area (Å²) in [4.78, 5) is 24.9. The van der Waals surface area contributed by atoms with Gasteiger partial charge in [-0.2, -0.15) is 0 Å². The Bertz CT molecular complexity index is 334. The monoisotopic (exact) mass is 209 g/mol. The van der Waals surface area contributed by atoms with E-state index in [4.69, 9.17) is 9.84 Å². The van der Waals surface area contributed by atoms with Gasteiger partial charge in [-0.15, -0.1) is 0 Å². The molecule has 0 aromatic carbocycles. The fourth-order valence-corrected chi connectivity index (χ4v) is 2.69. The summed E-state index contributed by atoms with van der Waals surface area (Å²) in [5.41, 5.74) is 0. The molecular formula is C10H11NO4. The van der Waals surface area contributed by atoms with E-state index >= 15 is 0 Å². The molecule has 2 saturated heterocycles. The molecule has 0 saturated carbocycles. The lowest BCUT2D eigenvalue weighted by Gasteiger charge is -2.15. The summed E-state index contributed by atoms with van der Waals surface area (Å²) in [6.07, 6.45) is 3.22. The van der Waals surface area contributed by atoms with Crippen LogP contribution in [-0.4, -0.2) is 47.2 Å². The first-order valence-electron chi connectivity index (χ1n) is 5.04. The van der Waals surface area contributed by atoms with Gasteiger partial charge in [-0.25, -0.2) is 0 Å². The zero-order valence-electron chi connectivity index (χ0n) is 8.00. The van der Waals surface area contributed by atoms with E-state index in [1.54, 1.807) is 0 Å². The number of likely N-dealkylation sites (tertiary alicyclic amines) is 1. The first-order valence-corrected chi connectivity index (χ1v) is 5.04. The molecule has 0 radical (unpaired) electrons. The number of β-amino-alcohol motifs (C(OH)–C–C–N with tert-alkyl or cyclic N) is 1. The molecule has 0 aliphatic carbocycles. The van der Waals surface area contributed by atoms with Crippen LogP contribution in [0.1, 0.15) is 0 Å². The van der Waals surface area contributed by atoms with Crippen molar-refractivity contribution in [1.29, 1.82) is 0 Å². The first-order chi connectivity index (χ1) is 7.24. The standard InChI is InChI=1S/C10H11NO4/c12-4-3-11-9(13)7-5-1-2-6(15-5)8(7)10(11)14/h1-2,5-8,12H,3-4H2/t5-,6+,7?,8?. The molecule has 15 heavy (non-hydrogen) atoms. The van der Waals surface area contributed by atoms with Crippen molar-refractivity contribution >= 4 is 11.8 Å². The molecule has 3 heterocycles. The van der Waals surface area contributed by atoms with Crippen molar-refractivity contribution in [3.8, 4) is 0 Å². The third-order valence-electron chi connectivity index (χ3n) is 3.33. The van der Waals surface area contributed by atoms with Crippen LogP contribution < -0.4 is 0 Å². The summed E-state index contributed by atoms with van der Waals surface area (Å²) in [6.45, 7) is -0.0787. The van der Waals surface area contributed by atoms with Crippen LogP contribution in [0.5, 0.6) is 0 Å². The number of ether oxygens (including phenoxy) is 1. The van der Waals surface area contributed by atoms with Crippen molar-refractivity contribution in [1.82, 2.24) is 4.90 Å². The normalized spacial score (nSPS) is 41.8. The van der Waals surface area contributed by atoms with Crippen LogP contribution in [0.15, 0.2) is 12.2 Å². The van der Waals surface area contributed by atoms with Crippen LogP contribution in [0, 0.1) is 11.8 Å². The predicted octanol–water partition coefficient (Wildman–Crippen LogP) is -1.08. The minimum absolute atomic E-state index is 0.101. The molecule has 5 nitrogen and oxygen atoms in total. The van der Waals surface area contributed by atoms with Crippen LogP contribution in [0.25, 0.3) is 0 Å². The van der Waals surface area contributed by atoms with Crippen molar-refractivity contribution in [2.45, 2.75) is 12.2 Å². The number of fused-ring (bicyclic) bond motifs is 5. The number of imide groups is 1. The average Bonchev–Trinajstić information content (AvgIpc) is 2.87. The quantitative estimate of drug-likeness (QED) is 0.464. The minimum Gasteiger partial charge on any atom is -0.395 e. The predicted molar refractivity (Wildman–Crippen MR) is 48.6 cm³/mol. The van der Waals surface area contributed by atoms with E-state index in [0.717, 1.165) is 4.90 Å². The molecule has 2 amide bonds. The maximum Gasteiger partial charge on any atom is 0.236 e. The Balaban J connectivity index is 1.93. The summed E-state index contributed by atoms with van der Waals surface area (Å²) < 4.78 is 5.46. The minimum atomic E-state index is -0.348. The lowest BCUT2D eigenvalue weighted by atomic mass is 9.85. The van der Waals surface area contributed by atoms with Crippen molar-refractivity contribution in [2.75, 3.05) is 13.2 Å². The molecule has 5 heteroatoms. The molecular weight excluding hydrogens is 198 g/mol. The molecule has 2 bridgehead atoms. The second-order valence-corrected chi connectivity index (χ2v) is 4.05. The van der Waals surface area contributed by atoms with Gasteiger partial charge in [0.2, 0.25) is 11.8 Å². The van der Waals surface area contributed by atoms with Gasteiger partial charge in [-0.05, 0) is 0 Å². The molecule has 3 rings (SSSR count). The Morgan fingerprint density at radius 2 is 1.73 bits per heavy atom. The first kappa shape index (κ1) is 9.06. The van der Waals surface area contributed by atoms with Crippen LogP contribution in [-0.2, 0) is 14.3 Å². The highest BCUT2D eigenvalue weighted by Gasteiger charge is 2.60. The summed E-state index contributed by atoms with van der Waals surface area (Å²) >= 11 is 0. The topological polar surface area (TPSA) is 66.8 Å². The molecule has 0 spiro atoms. The maximum atomic E-state index is 11.9. The Morgan fingerprint density at radius 1 is 1.20 bits per heavy atom. The summed E-state index contributed by atoms with van der Waals surface area (Å²) in [5, 5.41) is 8.78. The highest BCUT2D eigenvalue weighted by molar-refractivity contribution is 6.06. The van der Waals surface area contributed by atoms with Gasteiger partial charge in [0, 0.05) is 0 Å². The maximum absolute atomic E-state index is 11.9. The lowest BCUT2D eigenvalue weighted by molar-refractivity contribution is -0.142. The van der Waals surface area contributed by atoms with Crippen molar-refractivity contribution < 1.29 is 19.4 Å². The Morgan fingerprint density at radius 3 is 2.20 bits per heavy atom. The van der Waals surface area contributed by atoms with Crippen LogP contribution >= 0.6 is 0 Å². The number of rotatable bonds is 2. The number of hydrogen-bond acceptors (Lipinski definition) is 4. The zero-order valence-corrected chi connectivity index (χ0v) is 8.00. The summed E-state index contributed by atoms with van der Waals surface area (Å²) in [7, 11) is 0. The Kier molecular flexibility index (Phi) is 1.75. The molecule has 2 unspecified atom stereocenters. The van der Waals surface area contributed by atoms with E-state index in [-0.39, 0.29) is 49.0 Å². The molecule has 0 aromatic rings. The number of amides is 2. The molecule has 4 atom stereocenters. The second kappa shape index (κ2) is 2.90. The largest absolute Gasteiger partial charge is 0.395 e. The number of aliphatic hydroxyl groups excluding tert-OH is 1. The fourth-order valence-electron chi connectivity index (χ4n) is 2.69. The lowest BCUT2D eigenvalue weighted by Crippen LogP contribution is -2.36. The highest BCUT2D eigenvalue weighted by Crippen LogP contribution is 2.44. The smallest absolute Gasteiger partial charge is 0.236 e. The number of carbonyl (C=O) groups excluding carboxylic acids is 2. The average molecular weight is 209 g/mol. The van der Waals surface area contributed by atoms with E-state index in [9.17, 15) is 9.59 Å². The van der Waals surface area contributed by atoms with E-state index in [1.165, 1.54) is 0 Å². The van der Waals surface area contributed by atoms with Gasteiger partial charge in [0.1, 0.15) is 0 Å². The third kappa shape index (κ3) is 0.992. The number of carbonyl (C=O) groups is 2. The fraction of sp³-hybridized carbons (Fsp3) is 0.600. The molecule has 3 aliphatic heterocycles. The van der Waals surface area contributed by atoms with E-state index in [1.807, 2.05) is 12.2 Å². The van der Waals surface area contributed by atoms with Gasteiger partial charge >= 0.3 is 0 Å². The Labute approximate surface area is 86.3 Å². The molecule has 3 aliphatic rings. The highest BCUT2D eigenvalue weighted by atomic mass is 16.5. The number of hydrogen-bond donors (Lipinski definition) is 1. The third-order valence-corrected chi connectivity index (χ3v) is 3.33. The van der Waals surface area contributed by atoms with Gasteiger partial charge < -0.3 is 9.84 Å². The van der Waals surface area contributed by atoms with Crippen molar-refractivity contribution in [2.24, 2.45) is 11.8 Å². The van der Waals surface area contributed by atoms with Gasteiger partial charge in [-0.3, -0.25) is 14.5 Å². The van der Waals surface area contributed by atoms with Gasteiger partial charge in [-0.1, -0.05) is 12.2 Å². The molecule has 2 fully saturated rings. The zero-order chi connectivity index (χ0) is 10.6. The van der Waals surface area contributed by atoms with E-state index in [0.29, 0.717) is 0 Å². The van der Waals surface area contributed by atoms with Crippen molar-refractivity contribution in [3.63, 3.8) is 0 Å². The SMILES string of the molecule is O=C1C2C(C(=O)N1CCO)[C@H]1C=C[C@@H]2O1. The number of aliphatic hydroxyl groups is 1. The number of nitrogens with zero attached hydrogens (tertiary/aromatic N) is 1. The second-order valence-electron chi connectivity index (χ2n) is 4.05. The van der Waals surface area contributed by atoms with E-state index < -0.39 is 0 Å². The van der Waals surface area contributed by atoms with Crippen LogP contribution in [0.3, 0.4) is 0 Å². The summed E-state index contributed by atoms with van der Waals surface area (Å²) in [5.74, 6) is -1.09. The van der Waals surface area contributed by atoms with E-state index in [2.05, 4.69) is 0 Å². The Hall–Kier alpha value is -1.20. The van der Waals surface area contributed by atoms with Crippen LogP contribution in [0.4, 0.5) is 0 Å². The van der Waals surface area contributed by atoms with Crippen molar-refractivity contribution in [3.05, 3.63) is 12.2 Å². The van der Waals surface area contributed by atoms with Crippen LogP contribution in [0.2, 0.25) is 0 Å². The van der Waals surface area contributed by atoms with Gasteiger partial charge in [0.25, 0.3) is 0 Å². The summed E-state index contributed by atoms with van der Waals surface area (Å²) in [6, 6.07) is 0. The molecule has 80 valence electrons. The van der Waals surface area contributed by atoms with Gasteiger partial charge in [0.05, 0.1) is 37.2 Å². The molecule has 1 N–H and O–H groups in total. The van der Waals surface area contributed by atoms with Gasteiger partial charge in [0.15, 0.2) is 0 Å².